The summed E-state index contributed by atoms with van der Waals surface area (Å²) in [5, 5.41) is 7.52. The van der Waals surface area contributed by atoms with Crippen LogP contribution in [0.4, 0.5) is 5.13 Å². The van der Waals surface area contributed by atoms with Gasteiger partial charge in [0, 0.05) is 10.9 Å². The van der Waals surface area contributed by atoms with Crippen LogP contribution >= 0.6 is 22.9 Å². The number of anilines is 1. The summed E-state index contributed by atoms with van der Waals surface area (Å²) in [5.74, 6) is 0.678. The van der Waals surface area contributed by atoms with Gasteiger partial charge in [0.15, 0.2) is 0 Å². The van der Waals surface area contributed by atoms with E-state index >= 15 is 0 Å². The van der Waals surface area contributed by atoms with Gasteiger partial charge in [-0.25, -0.2) is 4.98 Å². The third-order valence-electron chi connectivity index (χ3n) is 3.20. The number of thiazole rings is 1. The number of hydrogen-bond donors (Lipinski definition) is 1. The van der Waals surface area contributed by atoms with Crippen LogP contribution in [-0.2, 0) is 0 Å². The molecule has 1 N–H and O–H groups in total. The molecule has 3 aromatic rings. The third-order valence-corrected chi connectivity index (χ3v) is 4.25. The number of hydrogen-bond acceptors (Lipinski definition) is 5. The van der Waals surface area contributed by atoms with E-state index in [4.69, 9.17) is 16.3 Å². The summed E-state index contributed by atoms with van der Waals surface area (Å²) in [7, 11) is 0. The average molecular weight is 358 g/mol. The maximum Gasteiger partial charge on any atom is 0.203 e. The number of nitrogens with one attached hydrogen (secondary N) is 1. The van der Waals surface area contributed by atoms with Crippen molar-refractivity contribution in [2.45, 2.75) is 6.92 Å². The Balaban J connectivity index is 1.64. The SMILES string of the molecule is CCOc1ccc(/C=N\Nc2nc(-c3ccccc3)cs2)cc1Cl. The number of nitrogens with zero attached hydrogens (tertiary/aromatic N) is 2. The Morgan fingerprint density at radius 3 is 2.83 bits per heavy atom. The molecule has 0 aliphatic heterocycles. The third kappa shape index (κ3) is 4.13. The molecule has 0 saturated carbocycles. The Morgan fingerprint density at radius 1 is 1.25 bits per heavy atom. The molecular weight excluding hydrogens is 342 g/mol. The summed E-state index contributed by atoms with van der Waals surface area (Å²) in [4.78, 5) is 4.52. The zero-order valence-corrected chi connectivity index (χ0v) is 14.6. The first-order valence-electron chi connectivity index (χ1n) is 7.48. The second kappa shape index (κ2) is 7.95. The molecule has 4 nitrogen and oxygen atoms in total. The molecule has 0 unspecified atom stereocenters. The van der Waals surface area contributed by atoms with E-state index in [1.165, 1.54) is 11.3 Å². The van der Waals surface area contributed by atoms with Crippen molar-refractivity contribution in [1.82, 2.24) is 4.98 Å². The van der Waals surface area contributed by atoms with Gasteiger partial charge in [-0.3, -0.25) is 5.43 Å². The molecule has 24 heavy (non-hydrogen) atoms. The van der Waals surface area contributed by atoms with Crippen molar-refractivity contribution in [3.63, 3.8) is 0 Å². The first kappa shape index (κ1) is 16.5. The van der Waals surface area contributed by atoms with Gasteiger partial charge in [0.1, 0.15) is 5.75 Å². The summed E-state index contributed by atoms with van der Waals surface area (Å²) in [6.45, 7) is 2.51. The predicted molar refractivity (Wildman–Crippen MR) is 101 cm³/mol. The van der Waals surface area contributed by atoms with Crippen LogP contribution in [-0.4, -0.2) is 17.8 Å². The monoisotopic (exact) mass is 357 g/mol. The molecule has 3 rings (SSSR count). The maximum atomic E-state index is 6.16. The molecule has 1 aromatic heterocycles. The first-order valence-corrected chi connectivity index (χ1v) is 8.74. The van der Waals surface area contributed by atoms with Gasteiger partial charge in [-0.2, -0.15) is 5.10 Å². The number of aromatic nitrogens is 1. The Labute approximate surface area is 149 Å². The lowest BCUT2D eigenvalue weighted by molar-refractivity contribution is 0.340. The molecule has 122 valence electrons. The van der Waals surface area contributed by atoms with Gasteiger partial charge in [0.05, 0.1) is 23.5 Å². The fourth-order valence-electron chi connectivity index (χ4n) is 2.10. The number of ether oxygens (including phenoxy) is 1. The Morgan fingerprint density at radius 2 is 2.08 bits per heavy atom. The highest BCUT2D eigenvalue weighted by molar-refractivity contribution is 7.14. The van der Waals surface area contributed by atoms with E-state index in [0.29, 0.717) is 17.4 Å². The van der Waals surface area contributed by atoms with E-state index in [0.717, 1.165) is 22.0 Å². The number of benzene rings is 2. The second-order valence-electron chi connectivity index (χ2n) is 4.90. The zero-order chi connectivity index (χ0) is 16.8. The van der Waals surface area contributed by atoms with Crippen LogP contribution < -0.4 is 10.2 Å². The lowest BCUT2D eigenvalue weighted by Gasteiger charge is -2.05. The summed E-state index contributed by atoms with van der Waals surface area (Å²) < 4.78 is 5.41. The van der Waals surface area contributed by atoms with Crippen LogP contribution in [0.15, 0.2) is 59.0 Å². The topological polar surface area (TPSA) is 46.5 Å². The molecule has 0 radical (unpaired) electrons. The highest BCUT2D eigenvalue weighted by atomic mass is 35.5. The maximum absolute atomic E-state index is 6.16. The molecule has 0 aliphatic carbocycles. The lowest BCUT2D eigenvalue weighted by atomic mass is 10.2. The van der Waals surface area contributed by atoms with Crippen LogP contribution in [0.3, 0.4) is 0 Å². The second-order valence-corrected chi connectivity index (χ2v) is 6.16. The van der Waals surface area contributed by atoms with E-state index in [1.807, 2.05) is 60.8 Å². The van der Waals surface area contributed by atoms with E-state index in [2.05, 4.69) is 15.5 Å². The molecular formula is C18H16ClN3OS. The van der Waals surface area contributed by atoms with Crippen molar-refractivity contribution < 1.29 is 4.74 Å². The molecule has 2 aromatic carbocycles. The minimum atomic E-state index is 0.571. The molecule has 0 fully saturated rings. The van der Waals surface area contributed by atoms with Crippen molar-refractivity contribution in [3.8, 4) is 17.0 Å². The van der Waals surface area contributed by atoms with Crippen LogP contribution in [0.5, 0.6) is 5.75 Å². The number of hydrazone groups is 1. The summed E-state index contributed by atoms with van der Waals surface area (Å²) in [6.07, 6.45) is 1.70. The quantitative estimate of drug-likeness (QED) is 0.480. The smallest absolute Gasteiger partial charge is 0.203 e. The van der Waals surface area contributed by atoms with Gasteiger partial charge in [-0.05, 0) is 30.7 Å². The van der Waals surface area contributed by atoms with E-state index in [-0.39, 0.29) is 0 Å². The average Bonchev–Trinajstić information content (AvgIpc) is 3.07. The predicted octanol–water partition coefficient (Wildman–Crippen LogP) is 5.31. The zero-order valence-electron chi connectivity index (χ0n) is 13.1. The van der Waals surface area contributed by atoms with Gasteiger partial charge in [-0.1, -0.05) is 41.9 Å². The normalized spacial score (nSPS) is 10.9. The lowest BCUT2D eigenvalue weighted by Crippen LogP contribution is -1.94. The standard InChI is InChI=1S/C18H16ClN3OS/c1-2-23-17-9-8-13(10-15(17)19)11-20-22-18-21-16(12-24-18)14-6-4-3-5-7-14/h3-12H,2H2,1H3,(H,21,22)/b20-11-. The highest BCUT2D eigenvalue weighted by Gasteiger charge is 2.03. The molecule has 1 heterocycles. The molecule has 0 atom stereocenters. The minimum Gasteiger partial charge on any atom is -0.492 e. The summed E-state index contributed by atoms with van der Waals surface area (Å²) in [6, 6.07) is 15.6. The largest absolute Gasteiger partial charge is 0.492 e. The Bertz CT molecular complexity index is 833. The molecule has 0 aliphatic rings. The van der Waals surface area contributed by atoms with Gasteiger partial charge in [0.25, 0.3) is 0 Å². The van der Waals surface area contributed by atoms with Gasteiger partial charge in [-0.15, -0.1) is 11.3 Å². The van der Waals surface area contributed by atoms with Crippen LogP contribution in [0.2, 0.25) is 5.02 Å². The Hall–Kier alpha value is -2.37. The van der Waals surface area contributed by atoms with Crippen LogP contribution in [0, 0.1) is 0 Å². The van der Waals surface area contributed by atoms with E-state index in [9.17, 15) is 0 Å². The van der Waals surface area contributed by atoms with Gasteiger partial charge >= 0.3 is 0 Å². The highest BCUT2D eigenvalue weighted by Crippen LogP contribution is 2.26. The van der Waals surface area contributed by atoms with Crippen molar-refractivity contribution >= 4 is 34.3 Å². The van der Waals surface area contributed by atoms with E-state index in [1.54, 1.807) is 6.21 Å². The number of rotatable bonds is 6. The van der Waals surface area contributed by atoms with Gasteiger partial charge in [0.2, 0.25) is 5.13 Å². The Kier molecular flexibility index (Phi) is 5.46. The van der Waals surface area contributed by atoms with Crippen molar-refractivity contribution in [2.24, 2.45) is 5.10 Å². The van der Waals surface area contributed by atoms with E-state index < -0.39 is 0 Å². The summed E-state index contributed by atoms with van der Waals surface area (Å²) in [5.41, 5.74) is 5.85. The van der Waals surface area contributed by atoms with Crippen LogP contribution in [0.1, 0.15) is 12.5 Å². The fourth-order valence-corrected chi connectivity index (χ4v) is 3.01. The molecule has 0 bridgehead atoms. The first-order chi connectivity index (χ1) is 11.8. The molecule has 0 amide bonds. The summed E-state index contributed by atoms with van der Waals surface area (Å²) >= 11 is 7.67. The van der Waals surface area contributed by atoms with Crippen molar-refractivity contribution in [3.05, 3.63) is 64.5 Å². The fraction of sp³-hybridized carbons (Fsp3) is 0.111. The minimum absolute atomic E-state index is 0.571. The van der Waals surface area contributed by atoms with Crippen molar-refractivity contribution in [2.75, 3.05) is 12.0 Å². The number of halogens is 1. The molecule has 0 spiro atoms. The van der Waals surface area contributed by atoms with Crippen LogP contribution in [0.25, 0.3) is 11.3 Å². The molecule has 0 saturated heterocycles. The van der Waals surface area contributed by atoms with Gasteiger partial charge < -0.3 is 4.74 Å². The molecule has 6 heteroatoms. The van der Waals surface area contributed by atoms with Crippen molar-refractivity contribution in [1.29, 1.82) is 0 Å².